The van der Waals surface area contributed by atoms with E-state index < -0.39 is 24.3 Å². The Bertz CT molecular complexity index is 561. The minimum atomic E-state index is -1.12. The fourth-order valence-corrected chi connectivity index (χ4v) is 2.33. The van der Waals surface area contributed by atoms with Gasteiger partial charge in [-0.2, -0.15) is 0 Å². The Balaban J connectivity index is 2.06. The Kier molecular flexibility index (Phi) is 4.24. The molecule has 2 rings (SSSR count). The molecule has 1 atom stereocenters. The summed E-state index contributed by atoms with van der Waals surface area (Å²) in [6.45, 7) is -0.246. The number of rotatable bonds is 4. The minimum absolute atomic E-state index is 0.0523. The van der Waals surface area contributed by atoms with E-state index in [2.05, 4.69) is 5.32 Å². The van der Waals surface area contributed by atoms with Crippen molar-refractivity contribution in [3.05, 3.63) is 29.3 Å². The quantitative estimate of drug-likeness (QED) is 0.864. The summed E-state index contributed by atoms with van der Waals surface area (Å²) in [6, 6.07) is 6.88. The van der Waals surface area contributed by atoms with Crippen LogP contribution in [0.25, 0.3) is 0 Å². The minimum Gasteiger partial charge on any atom is -0.480 e. The van der Waals surface area contributed by atoms with Gasteiger partial charge in [0.25, 0.3) is 0 Å². The molecule has 1 aliphatic rings. The van der Waals surface area contributed by atoms with Gasteiger partial charge in [-0.05, 0) is 12.1 Å². The van der Waals surface area contributed by atoms with Crippen LogP contribution in [0.5, 0.6) is 0 Å². The molecule has 1 fully saturated rings. The Labute approximate surface area is 120 Å². The molecule has 0 saturated carbocycles. The maximum Gasteiger partial charge on any atom is 0.322 e. The van der Waals surface area contributed by atoms with Crippen LogP contribution in [0, 0.1) is 5.92 Å². The molecular weight excluding hydrogens is 284 g/mol. The van der Waals surface area contributed by atoms with E-state index in [4.69, 9.17) is 16.7 Å². The highest BCUT2D eigenvalue weighted by Crippen LogP contribution is 2.30. The van der Waals surface area contributed by atoms with Crippen LogP contribution in [-0.4, -0.2) is 36.0 Å². The van der Waals surface area contributed by atoms with Crippen LogP contribution in [0.2, 0.25) is 5.02 Å². The second-order valence-electron chi connectivity index (χ2n) is 4.47. The molecular formula is C13H13ClN2O4. The van der Waals surface area contributed by atoms with Crippen LogP contribution in [-0.2, 0) is 14.4 Å². The van der Waals surface area contributed by atoms with Crippen LogP contribution in [0.1, 0.15) is 6.42 Å². The van der Waals surface area contributed by atoms with Gasteiger partial charge in [-0.25, -0.2) is 0 Å². The average Bonchev–Trinajstić information content (AvgIpc) is 2.78. The summed E-state index contributed by atoms with van der Waals surface area (Å²) in [7, 11) is 0. The molecule has 0 radical (unpaired) electrons. The number of carboxylic acid groups (broad SMARTS) is 1. The number of carboxylic acids is 1. The summed E-state index contributed by atoms with van der Waals surface area (Å²) in [5.41, 5.74) is 0.563. The maximum atomic E-state index is 12.0. The van der Waals surface area contributed by atoms with E-state index in [1.54, 1.807) is 24.3 Å². The van der Waals surface area contributed by atoms with Crippen LogP contribution in [0.15, 0.2) is 24.3 Å². The van der Waals surface area contributed by atoms with Crippen molar-refractivity contribution in [3.8, 4) is 0 Å². The number of aliphatic carboxylic acids is 1. The third kappa shape index (κ3) is 3.08. The van der Waals surface area contributed by atoms with Gasteiger partial charge in [0.1, 0.15) is 6.54 Å². The molecule has 6 nitrogen and oxygen atoms in total. The number of para-hydroxylation sites is 1. The molecule has 106 valence electrons. The van der Waals surface area contributed by atoms with Gasteiger partial charge in [0.15, 0.2) is 0 Å². The number of halogens is 1. The highest BCUT2D eigenvalue weighted by Gasteiger charge is 2.35. The van der Waals surface area contributed by atoms with Crippen LogP contribution < -0.4 is 10.2 Å². The summed E-state index contributed by atoms with van der Waals surface area (Å²) in [4.78, 5) is 35.6. The van der Waals surface area contributed by atoms with E-state index in [1.165, 1.54) is 4.90 Å². The molecule has 20 heavy (non-hydrogen) atoms. The number of amides is 2. The number of anilines is 1. The molecule has 0 bridgehead atoms. The van der Waals surface area contributed by atoms with Crippen molar-refractivity contribution in [1.29, 1.82) is 0 Å². The molecule has 1 aromatic rings. The van der Waals surface area contributed by atoms with Crippen molar-refractivity contribution >= 4 is 35.1 Å². The van der Waals surface area contributed by atoms with Gasteiger partial charge in [0.2, 0.25) is 11.8 Å². The lowest BCUT2D eigenvalue weighted by atomic mass is 10.1. The Morgan fingerprint density at radius 3 is 2.75 bits per heavy atom. The summed E-state index contributed by atoms with van der Waals surface area (Å²) in [6.07, 6.45) is 0.0523. The first-order chi connectivity index (χ1) is 9.49. The third-order valence-electron chi connectivity index (χ3n) is 3.05. The SMILES string of the molecule is O=C(O)CNC(=O)C1CC(=O)N(c2ccccc2Cl)C1. The highest BCUT2D eigenvalue weighted by molar-refractivity contribution is 6.33. The molecule has 1 aromatic carbocycles. The predicted molar refractivity (Wildman–Crippen MR) is 72.6 cm³/mol. The molecule has 0 aliphatic carbocycles. The maximum absolute atomic E-state index is 12.0. The van der Waals surface area contributed by atoms with Gasteiger partial charge in [-0.15, -0.1) is 0 Å². The van der Waals surface area contributed by atoms with Crippen LogP contribution in [0.3, 0.4) is 0 Å². The number of carbonyl (C=O) groups excluding carboxylic acids is 2. The van der Waals surface area contributed by atoms with Gasteiger partial charge < -0.3 is 15.3 Å². The van der Waals surface area contributed by atoms with Crippen molar-refractivity contribution in [2.45, 2.75) is 6.42 Å². The lowest BCUT2D eigenvalue weighted by molar-refractivity contribution is -0.138. The summed E-state index contributed by atoms with van der Waals surface area (Å²) in [5.74, 6) is -2.31. The molecule has 1 unspecified atom stereocenters. The fourth-order valence-electron chi connectivity index (χ4n) is 2.09. The van der Waals surface area contributed by atoms with E-state index in [0.29, 0.717) is 10.7 Å². The Hall–Kier alpha value is -2.08. The van der Waals surface area contributed by atoms with E-state index in [1.807, 2.05) is 0 Å². The second-order valence-corrected chi connectivity index (χ2v) is 4.88. The van der Waals surface area contributed by atoms with Crippen molar-refractivity contribution < 1.29 is 19.5 Å². The molecule has 1 aliphatic heterocycles. The summed E-state index contributed by atoms with van der Waals surface area (Å²) in [5, 5.41) is 11.2. The lowest BCUT2D eigenvalue weighted by Crippen LogP contribution is -2.36. The molecule has 7 heteroatoms. The molecule has 2 N–H and O–H groups in total. The largest absolute Gasteiger partial charge is 0.480 e. The normalized spacial score (nSPS) is 18.1. The standard InChI is InChI=1S/C13H13ClN2O4/c14-9-3-1-2-4-10(9)16-7-8(5-11(16)17)13(20)15-6-12(18)19/h1-4,8H,5-7H2,(H,15,20)(H,18,19). The lowest BCUT2D eigenvalue weighted by Gasteiger charge is -2.17. The number of nitrogens with zero attached hydrogens (tertiary/aromatic N) is 1. The summed E-state index contributed by atoms with van der Waals surface area (Å²) >= 11 is 6.03. The molecule has 2 amide bonds. The topological polar surface area (TPSA) is 86.7 Å². The number of hydrogen-bond acceptors (Lipinski definition) is 3. The predicted octanol–water partition coefficient (Wildman–Crippen LogP) is 0.894. The smallest absolute Gasteiger partial charge is 0.322 e. The van der Waals surface area contributed by atoms with Crippen molar-refractivity contribution in [2.24, 2.45) is 5.92 Å². The van der Waals surface area contributed by atoms with Gasteiger partial charge in [0.05, 0.1) is 16.6 Å². The van der Waals surface area contributed by atoms with Crippen LogP contribution in [0.4, 0.5) is 5.69 Å². The number of benzene rings is 1. The Morgan fingerprint density at radius 2 is 2.10 bits per heavy atom. The van der Waals surface area contributed by atoms with Gasteiger partial charge in [0, 0.05) is 13.0 Å². The number of nitrogens with one attached hydrogen (secondary N) is 1. The van der Waals surface area contributed by atoms with E-state index >= 15 is 0 Å². The van der Waals surface area contributed by atoms with Crippen molar-refractivity contribution in [2.75, 3.05) is 18.0 Å². The van der Waals surface area contributed by atoms with Crippen LogP contribution >= 0.6 is 11.6 Å². The van der Waals surface area contributed by atoms with Crippen molar-refractivity contribution in [3.63, 3.8) is 0 Å². The van der Waals surface area contributed by atoms with E-state index in [-0.39, 0.29) is 18.9 Å². The first-order valence-electron chi connectivity index (χ1n) is 6.03. The molecule has 1 saturated heterocycles. The first-order valence-corrected chi connectivity index (χ1v) is 6.41. The number of hydrogen-bond donors (Lipinski definition) is 2. The summed E-state index contributed by atoms with van der Waals surface area (Å²) < 4.78 is 0. The molecule has 0 aromatic heterocycles. The van der Waals surface area contributed by atoms with Gasteiger partial charge in [-0.1, -0.05) is 23.7 Å². The molecule has 1 heterocycles. The zero-order chi connectivity index (χ0) is 14.7. The average molecular weight is 297 g/mol. The highest BCUT2D eigenvalue weighted by atomic mass is 35.5. The molecule has 0 spiro atoms. The zero-order valence-electron chi connectivity index (χ0n) is 10.5. The monoisotopic (exact) mass is 296 g/mol. The van der Waals surface area contributed by atoms with Gasteiger partial charge in [-0.3, -0.25) is 14.4 Å². The van der Waals surface area contributed by atoms with Gasteiger partial charge >= 0.3 is 5.97 Å². The van der Waals surface area contributed by atoms with E-state index in [9.17, 15) is 14.4 Å². The van der Waals surface area contributed by atoms with E-state index in [0.717, 1.165) is 0 Å². The second kappa shape index (κ2) is 5.92. The zero-order valence-corrected chi connectivity index (χ0v) is 11.3. The first kappa shape index (κ1) is 14.3. The Morgan fingerprint density at radius 1 is 1.40 bits per heavy atom. The fraction of sp³-hybridized carbons (Fsp3) is 0.308. The van der Waals surface area contributed by atoms with Crippen molar-refractivity contribution in [1.82, 2.24) is 5.32 Å². The third-order valence-corrected chi connectivity index (χ3v) is 3.37. The number of carbonyl (C=O) groups is 3.